The van der Waals surface area contributed by atoms with Crippen molar-refractivity contribution in [3.05, 3.63) is 61.4 Å². The fraction of sp³-hybridized carbons (Fsp3) is 0.125. The lowest BCUT2D eigenvalue weighted by atomic mass is 10.3. The number of benzene rings is 2. The van der Waals surface area contributed by atoms with E-state index >= 15 is 0 Å². The molecule has 2 N–H and O–H groups in total. The van der Waals surface area contributed by atoms with Gasteiger partial charge in [0.25, 0.3) is 0 Å². The summed E-state index contributed by atoms with van der Waals surface area (Å²) < 4.78 is 10.5. The first-order valence-electron chi connectivity index (χ1n) is 6.51. The van der Waals surface area contributed by atoms with Crippen LogP contribution in [-0.2, 0) is 4.74 Å². The number of hydrogen-bond donors (Lipinski definition) is 1. The topological polar surface area (TPSA) is 69.2 Å². The van der Waals surface area contributed by atoms with E-state index in [4.69, 9.17) is 15.2 Å². The van der Waals surface area contributed by atoms with Crippen LogP contribution in [0.5, 0.6) is 5.75 Å². The first-order chi connectivity index (χ1) is 10.3. The number of rotatable bonds is 7. The molecule has 0 aliphatic carbocycles. The Morgan fingerprint density at radius 2 is 1.76 bits per heavy atom. The SMILES string of the molecule is C=COCCOc1ccc(/N=N/c2ccccc2N)cc1. The van der Waals surface area contributed by atoms with Gasteiger partial charge in [0, 0.05) is 0 Å². The number of nitrogen functional groups attached to an aromatic ring is 1. The molecule has 0 spiro atoms. The lowest BCUT2D eigenvalue weighted by Gasteiger charge is -2.05. The van der Waals surface area contributed by atoms with Gasteiger partial charge in [0.1, 0.15) is 24.7 Å². The molecule has 0 bridgehead atoms. The molecule has 0 radical (unpaired) electrons. The molecular formula is C16H17N3O2. The number of hydrogen-bond acceptors (Lipinski definition) is 5. The highest BCUT2D eigenvalue weighted by atomic mass is 16.5. The predicted molar refractivity (Wildman–Crippen MR) is 83.1 cm³/mol. The zero-order chi connectivity index (χ0) is 14.9. The summed E-state index contributed by atoms with van der Waals surface area (Å²) in [4.78, 5) is 0. The molecule has 0 heterocycles. The van der Waals surface area contributed by atoms with E-state index in [0.29, 0.717) is 24.6 Å². The largest absolute Gasteiger partial charge is 0.498 e. The van der Waals surface area contributed by atoms with Crippen LogP contribution in [0.3, 0.4) is 0 Å². The van der Waals surface area contributed by atoms with Crippen molar-refractivity contribution in [2.45, 2.75) is 0 Å². The van der Waals surface area contributed by atoms with Crippen molar-refractivity contribution < 1.29 is 9.47 Å². The molecule has 0 saturated heterocycles. The van der Waals surface area contributed by atoms with Crippen molar-refractivity contribution >= 4 is 17.1 Å². The Balaban J connectivity index is 1.93. The van der Waals surface area contributed by atoms with Gasteiger partial charge in [0.2, 0.25) is 0 Å². The first-order valence-corrected chi connectivity index (χ1v) is 6.51. The molecule has 0 atom stereocenters. The van der Waals surface area contributed by atoms with Crippen LogP contribution in [-0.4, -0.2) is 13.2 Å². The van der Waals surface area contributed by atoms with Crippen LogP contribution >= 0.6 is 0 Å². The molecule has 0 aliphatic rings. The average molecular weight is 283 g/mol. The zero-order valence-electron chi connectivity index (χ0n) is 11.6. The van der Waals surface area contributed by atoms with Gasteiger partial charge in [-0.1, -0.05) is 18.7 Å². The van der Waals surface area contributed by atoms with E-state index in [9.17, 15) is 0 Å². The van der Waals surface area contributed by atoms with Gasteiger partial charge in [0.15, 0.2) is 0 Å². The number of para-hydroxylation sites is 1. The molecular weight excluding hydrogens is 266 g/mol. The minimum atomic E-state index is 0.466. The number of azo groups is 1. The van der Waals surface area contributed by atoms with Crippen LogP contribution < -0.4 is 10.5 Å². The van der Waals surface area contributed by atoms with Gasteiger partial charge in [0.05, 0.1) is 17.6 Å². The molecule has 21 heavy (non-hydrogen) atoms. The van der Waals surface area contributed by atoms with E-state index in [0.717, 1.165) is 11.4 Å². The van der Waals surface area contributed by atoms with E-state index in [1.807, 2.05) is 42.5 Å². The molecule has 2 aromatic carbocycles. The van der Waals surface area contributed by atoms with Crippen molar-refractivity contribution in [2.75, 3.05) is 18.9 Å². The highest BCUT2D eigenvalue weighted by Crippen LogP contribution is 2.24. The molecule has 5 heteroatoms. The van der Waals surface area contributed by atoms with Gasteiger partial charge in [-0.3, -0.25) is 0 Å². The van der Waals surface area contributed by atoms with E-state index in [-0.39, 0.29) is 0 Å². The van der Waals surface area contributed by atoms with Crippen molar-refractivity contribution in [1.82, 2.24) is 0 Å². The third-order valence-corrected chi connectivity index (χ3v) is 2.63. The van der Waals surface area contributed by atoms with Crippen molar-refractivity contribution in [1.29, 1.82) is 0 Å². The summed E-state index contributed by atoms with van der Waals surface area (Å²) in [6.07, 6.45) is 1.39. The third kappa shape index (κ3) is 4.65. The van der Waals surface area contributed by atoms with Gasteiger partial charge in [-0.2, -0.15) is 5.11 Å². The smallest absolute Gasteiger partial charge is 0.122 e. The standard InChI is InChI=1S/C16H17N3O2/c1-2-20-11-12-21-14-9-7-13(8-10-14)18-19-16-6-4-3-5-15(16)17/h2-10H,1,11-12,17H2/b19-18+. The van der Waals surface area contributed by atoms with E-state index in [1.54, 1.807) is 6.07 Å². The summed E-state index contributed by atoms with van der Waals surface area (Å²) >= 11 is 0. The molecule has 0 fully saturated rings. The quantitative estimate of drug-likeness (QED) is 0.358. The Labute approximate surface area is 123 Å². The summed E-state index contributed by atoms with van der Waals surface area (Å²) in [5.74, 6) is 0.751. The van der Waals surface area contributed by atoms with Crippen LogP contribution in [0.25, 0.3) is 0 Å². The predicted octanol–water partition coefficient (Wildman–Crippen LogP) is 4.22. The molecule has 0 amide bonds. The highest BCUT2D eigenvalue weighted by molar-refractivity contribution is 5.61. The maximum atomic E-state index is 5.80. The Morgan fingerprint density at radius 1 is 1.00 bits per heavy atom. The zero-order valence-corrected chi connectivity index (χ0v) is 11.6. The summed E-state index contributed by atoms with van der Waals surface area (Å²) in [7, 11) is 0. The average Bonchev–Trinajstić information content (AvgIpc) is 2.52. The molecule has 0 saturated carbocycles. The van der Waals surface area contributed by atoms with Crippen LogP contribution in [0, 0.1) is 0 Å². The first kappa shape index (κ1) is 14.6. The number of ether oxygens (including phenoxy) is 2. The molecule has 0 aliphatic heterocycles. The second-order valence-corrected chi connectivity index (χ2v) is 4.14. The molecule has 2 aromatic rings. The minimum Gasteiger partial charge on any atom is -0.498 e. The van der Waals surface area contributed by atoms with E-state index in [2.05, 4.69) is 16.8 Å². The third-order valence-electron chi connectivity index (χ3n) is 2.63. The Kier molecular flexibility index (Phi) is 5.34. The van der Waals surface area contributed by atoms with E-state index < -0.39 is 0 Å². The Hall–Kier alpha value is -2.82. The molecule has 108 valence electrons. The summed E-state index contributed by atoms with van der Waals surface area (Å²) in [6, 6.07) is 14.6. The normalized spacial score (nSPS) is 10.5. The van der Waals surface area contributed by atoms with Crippen molar-refractivity contribution in [3.8, 4) is 5.75 Å². The van der Waals surface area contributed by atoms with Crippen LogP contribution in [0.15, 0.2) is 71.6 Å². The summed E-state index contributed by atoms with van der Waals surface area (Å²) in [6.45, 7) is 4.40. The van der Waals surface area contributed by atoms with Gasteiger partial charge >= 0.3 is 0 Å². The lowest BCUT2D eigenvalue weighted by molar-refractivity contribution is 0.179. The van der Waals surface area contributed by atoms with Gasteiger partial charge < -0.3 is 15.2 Å². The highest BCUT2D eigenvalue weighted by Gasteiger charge is 1.97. The van der Waals surface area contributed by atoms with Crippen molar-refractivity contribution in [3.63, 3.8) is 0 Å². The Bertz CT molecular complexity index is 609. The number of anilines is 1. The van der Waals surface area contributed by atoms with Gasteiger partial charge in [-0.15, -0.1) is 5.11 Å². The monoisotopic (exact) mass is 283 g/mol. The fourth-order valence-corrected chi connectivity index (χ4v) is 1.59. The summed E-state index contributed by atoms with van der Waals surface area (Å²) in [5.41, 5.74) is 7.78. The van der Waals surface area contributed by atoms with Gasteiger partial charge in [-0.25, -0.2) is 0 Å². The van der Waals surface area contributed by atoms with E-state index in [1.165, 1.54) is 6.26 Å². The molecule has 2 rings (SSSR count). The maximum absolute atomic E-state index is 5.80. The van der Waals surface area contributed by atoms with Crippen LogP contribution in [0.1, 0.15) is 0 Å². The second kappa shape index (κ2) is 7.69. The number of nitrogens with two attached hydrogens (primary N) is 1. The van der Waals surface area contributed by atoms with Gasteiger partial charge in [-0.05, 0) is 36.4 Å². The minimum absolute atomic E-state index is 0.466. The second-order valence-electron chi connectivity index (χ2n) is 4.14. The van der Waals surface area contributed by atoms with Crippen LogP contribution in [0.2, 0.25) is 0 Å². The molecule has 0 aromatic heterocycles. The lowest BCUT2D eigenvalue weighted by Crippen LogP contribution is -2.03. The number of nitrogens with zero attached hydrogens (tertiary/aromatic N) is 2. The Morgan fingerprint density at radius 3 is 2.48 bits per heavy atom. The van der Waals surface area contributed by atoms with Crippen LogP contribution in [0.4, 0.5) is 17.1 Å². The maximum Gasteiger partial charge on any atom is 0.122 e. The van der Waals surface area contributed by atoms with Crippen molar-refractivity contribution in [2.24, 2.45) is 10.2 Å². The fourth-order valence-electron chi connectivity index (χ4n) is 1.59. The molecule has 0 unspecified atom stereocenters. The summed E-state index contributed by atoms with van der Waals surface area (Å²) in [5, 5.41) is 8.26. The molecule has 5 nitrogen and oxygen atoms in total.